The van der Waals surface area contributed by atoms with Crippen LogP contribution in [-0.2, 0) is 6.67 Å². The second-order valence-corrected chi connectivity index (χ2v) is 6.48. The smallest absolute Gasteiger partial charge is 0.262 e. The van der Waals surface area contributed by atoms with Crippen molar-refractivity contribution < 1.29 is 4.74 Å². The van der Waals surface area contributed by atoms with E-state index in [1.165, 1.54) is 5.69 Å². The third kappa shape index (κ3) is 4.58. The van der Waals surface area contributed by atoms with Crippen LogP contribution in [0.3, 0.4) is 0 Å². The zero-order valence-corrected chi connectivity index (χ0v) is 17.3. The van der Waals surface area contributed by atoms with Gasteiger partial charge in [-0.3, -0.25) is 14.3 Å². The van der Waals surface area contributed by atoms with Gasteiger partial charge in [-0.2, -0.15) is 0 Å². The molecule has 2 aromatic carbocycles. The molecule has 28 heavy (non-hydrogen) atoms. The fraction of sp³-hybridized carbons (Fsp3) is 0.300. The van der Waals surface area contributed by atoms with Gasteiger partial charge in [0.15, 0.2) is 0 Å². The van der Waals surface area contributed by atoms with Gasteiger partial charge in [0, 0.05) is 31.9 Å². The van der Waals surface area contributed by atoms with Crippen LogP contribution in [0.25, 0.3) is 10.9 Å². The molecule has 1 aromatic heterocycles. The van der Waals surface area contributed by atoms with Crippen molar-refractivity contribution in [3.05, 3.63) is 65.2 Å². The largest absolute Gasteiger partial charge is 0.497 e. The summed E-state index contributed by atoms with van der Waals surface area (Å²) in [6, 6.07) is 15.6. The van der Waals surface area contributed by atoms with Gasteiger partial charge in [-0.05, 0) is 36.4 Å². The predicted octanol–water partition coefficient (Wildman–Crippen LogP) is 3.03. The van der Waals surface area contributed by atoms with Crippen LogP contribution in [0.15, 0.2) is 59.7 Å². The number of nitrogens with zero attached hydrogens (tertiary/aromatic N) is 4. The normalized spacial score (nSPS) is 14.2. The first-order chi connectivity index (χ1) is 12.7. The molecule has 1 fully saturated rings. The molecule has 1 saturated heterocycles. The summed E-state index contributed by atoms with van der Waals surface area (Å²) in [6.07, 6.45) is 1.65. The molecule has 0 aliphatic carbocycles. The van der Waals surface area contributed by atoms with Gasteiger partial charge in [-0.1, -0.05) is 12.1 Å². The zero-order valence-electron chi connectivity index (χ0n) is 15.7. The minimum absolute atomic E-state index is 0. The van der Waals surface area contributed by atoms with Crippen LogP contribution >= 0.6 is 24.8 Å². The van der Waals surface area contributed by atoms with Crippen molar-refractivity contribution in [3.8, 4) is 5.75 Å². The summed E-state index contributed by atoms with van der Waals surface area (Å²) in [5, 5.41) is 0.673. The summed E-state index contributed by atoms with van der Waals surface area (Å²) >= 11 is 0. The Balaban J connectivity index is 0.00000140. The number of benzene rings is 2. The number of rotatable bonds is 4. The number of ether oxygens (including phenoxy) is 1. The van der Waals surface area contributed by atoms with E-state index in [1.807, 2.05) is 36.4 Å². The number of methoxy groups -OCH3 is 1. The molecule has 0 atom stereocenters. The van der Waals surface area contributed by atoms with Crippen molar-refractivity contribution in [2.24, 2.45) is 0 Å². The molecule has 0 N–H and O–H groups in total. The Morgan fingerprint density at radius 3 is 2.32 bits per heavy atom. The van der Waals surface area contributed by atoms with Gasteiger partial charge in [-0.25, -0.2) is 4.98 Å². The van der Waals surface area contributed by atoms with Crippen LogP contribution in [-0.4, -0.2) is 47.7 Å². The molecule has 0 saturated carbocycles. The average molecular weight is 423 g/mol. The minimum Gasteiger partial charge on any atom is -0.497 e. The van der Waals surface area contributed by atoms with E-state index in [2.05, 4.69) is 26.9 Å². The van der Waals surface area contributed by atoms with Crippen molar-refractivity contribution in [2.75, 3.05) is 38.2 Å². The molecule has 2 heterocycles. The number of piperazine rings is 1. The Morgan fingerprint density at radius 1 is 0.964 bits per heavy atom. The second kappa shape index (κ2) is 9.78. The van der Waals surface area contributed by atoms with Crippen LogP contribution in [0, 0.1) is 0 Å². The summed E-state index contributed by atoms with van der Waals surface area (Å²) in [7, 11) is 1.68. The Morgan fingerprint density at radius 2 is 1.64 bits per heavy atom. The van der Waals surface area contributed by atoms with Crippen molar-refractivity contribution in [3.63, 3.8) is 0 Å². The van der Waals surface area contributed by atoms with Crippen LogP contribution in [0.1, 0.15) is 0 Å². The Labute approximate surface area is 176 Å². The topological polar surface area (TPSA) is 50.6 Å². The highest BCUT2D eigenvalue weighted by atomic mass is 35.5. The molecule has 1 aliphatic rings. The lowest BCUT2D eigenvalue weighted by Gasteiger charge is -2.36. The summed E-state index contributed by atoms with van der Waals surface area (Å²) in [5.41, 5.74) is 1.97. The molecule has 0 bridgehead atoms. The molecule has 1 aliphatic heterocycles. The van der Waals surface area contributed by atoms with Gasteiger partial charge < -0.3 is 9.64 Å². The molecule has 6 nitrogen and oxygen atoms in total. The van der Waals surface area contributed by atoms with Gasteiger partial charge in [0.25, 0.3) is 5.56 Å². The van der Waals surface area contributed by atoms with Crippen LogP contribution in [0.4, 0.5) is 5.69 Å². The Bertz CT molecular complexity index is 954. The lowest BCUT2D eigenvalue weighted by atomic mass is 10.2. The number of halogens is 2. The molecule has 4 rings (SSSR count). The number of anilines is 1. The predicted molar refractivity (Wildman–Crippen MR) is 117 cm³/mol. The molecule has 8 heteroatoms. The fourth-order valence-corrected chi connectivity index (χ4v) is 3.36. The third-order valence-electron chi connectivity index (χ3n) is 4.89. The molecule has 0 amide bonds. The second-order valence-electron chi connectivity index (χ2n) is 6.48. The standard InChI is InChI=1S/C20H22N4O2.2ClH/c1-26-17-8-6-16(7-9-17)23-12-10-22(11-13-23)15-24-14-21-19-5-3-2-4-18(19)20(24)25;;/h2-9,14H,10-13,15H2,1H3;2*1H. The first-order valence-corrected chi connectivity index (χ1v) is 8.80. The molecule has 150 valence electrons. The number of para-hydroxylation sites is 1. The van der Waals surface area contributed by atoms with Crippen LogP contribution < -0.4 is 15.2 Å². The first-order valence-electron chi connectivity index (χ1n) is 8.80. The fourth-order valence-electron chi connectivity index (χ4n) is 3.36. The highest BCUT2D eigenvalue weighted by Crippen LogP contribution is 2.20. The van der Waals surface area contributed by atoms with E-state index in [0.29, 0.717) is 12.1 Å². The van der Waals surface area contributed by atoms with E-state index >= 15 is 0 Å². The molecule has 3 aromatic rings. The van der Waals surface area contributed by atoms with E-state index in [4.69, 9.17) is 4.74 Å². The monoisotopic (exact) mass is 422 g/mol. The van der Waals surface area contributed by atoms with Gasteiger partial charge in [0.05, 0.1) is 31.0 Å². The van der Waals surface area contributed by atoms with E-state index < -0.39 is 0 Å². The van der Waals surface area contributed by atoms with Crippen LogP contribution in [0.5, 0.6) is 5.75 Å². The molecular weight excluding hydrogens is 399 g/mol. The van der Waals surface area contributed by atoms with Crippen molar-refractivity contribution in [1.82, 2.24) is 14.5 Å². The van der Waals surface area contributed by atoms with Gasteiger partial charge >= 0.3 is 0 Å². The van der Waals surface area contributed by atoms with E-state index in [0.717, 1.165) is 37.4 Å². The number of hydrogen-bond donors (Lipinski definition) is 0. The van der Waals surface area contributed by atoms with E-state index in [1.54, 1.807) is 18.0 Å². The maximum Gasteiger partial charge on any atom is 0.262 e. The van der Waals surface area contributed by atoms with E-state index in [9.17, 15) is 4.79 Å². The molecular formula is C20H24Cl2N4O2. The minimum atomic E-state index is 0. The summed E-state index contributed by atoms with van der Waals surface area (Å²) < 4.78 is 6.92. The third-order valence-corrected chi connectivity index (χ3v) is 4.89. The maximum atomic E-state index is 12.6. The summed E-state index contributed by atoms with van der Waals surface area (Å²) in [5.74, 6) is 0.871. The lowest BCUT2D eigenvalue weighted by molar-refractivity contribution is 0.203. The summed E-state index contributed by atoms with van der Waals surface area (Å²) in [6.45, 7) is 4.26. The Kier molecular flexibility index (Phi) is 7.69. The van der Waals surface area contributed by atoms with Crippen molar-refractivity contribution >= 4 is 41.4 Å². The highest BCUT2D eigenvalue weighted by molar-refractivity contribution is 5.85. The number of hydrogen-bond acceptors (Lipinski definition) is 5. The number of aromatic nitrogens is 2. The molecule has 0 spiro atoms. The summed E-state index contributed by atoms with van der Waals surface area (Å²) in [4.78, 5) is 21.7. The van der Waals surface area contributed by atoms with Gasteiger partial charge in [0.1, 0.15) is 5.75 Å². The Hall–Kier alpha value is -2.28. The average Bonchev–Trinajstić information content (AvgIpc) is 2.71. The van der Waals surface area contributed by atoms with Gasteiger partial charge in [0.2, 0.25) is 0 Å². The SMILES string of the molecule is COc1ccc(N2CCN(Cn3cnc4ccccc4c3=O)CC2)cc1.Cl.Cl. The molecule has 0 radical (unpaired) electrons. The van der Waals surface area contributed by atoms with Crippen molar-refractivity contribution in [1.29, 1.82) is 0 Å². The van der Waals surface area contributed by atoms with E-state index in [-0.39, 0.29) is 30.4 Å². The van der Waals surface area contributed by atoms with Crippen molar-refractivity contribution in [2.45, 2.75) is 6.67 Å². The zero-order chi connectivity index (χ0) is 17.9. The molecule has 0 unspecified atom stereocenters. The number of fused-ring (bicyclic) bond motifs is 1. The maximum absolute atomic E-state index is 12.6. The highest BCUT2D eigenvalue weighted by Gasteiger charge is 2.18. The van der Waals surface area contributed by atoms with Crippen LogP contribution in [0.2, 0.25) is 0 Å². The first kappa shape index (κ1) is 22.0. The lowest BCUT2D eigenvalue weighted by Crippen LogP contribution is -2.47. The van der Waals surface area contributed by atoms with Gasteiger partial charge in [-0.15, -0.1) is 24.8 Å². The quantitative estimate of drug-likeness (QED) is 0.646.